The van der Waals surface area contributed by atoms with Crippen molar-refractivity contribution < 1.29 is 4.84 Å². The number of hydroxylamine groups is 1. The Balaban J connectivity index is 2.14. The van der Waals surface area contributed by atoms with Crippen LogP contribution in [0.3, 0.4) is 0 Å². The zero-order valence-corrected chi connectivity index (χ0v) is 5.71. The molecule has 0 aromatic heterocycles. The first-order valence-corrected chi connectivity index (χ1v) is 3.57. The molecule has 0 amide bonds. The Labute approximate surface area is 60.5 Å². The number of rotatable bonds is 0. The summed E-state index contributed by atoms with van der Waals surface area (Å²) in [6, 6.07) is 0. The van der Waals surface area contributed by atoms with Crippen molar-refractivity contribution in [3.05, 3.63) is 30.5 Å². The molecule has 10 heavy (non-hydrogen) atoms. The Kier molecular flexibility index (Phi) is 1.47. The van der Waals surface area contributed by atoms with E-state index in [2.05, 4.69) is 11.6 Å². The van der Waals surface area contributed by atoms with Crippen molar-refractivity contribution in [3.8, 4) is 0 Å². The van der Waals surface area contributed by atoms with Crippen LogP contribution < -0.4 is 5.48 Å². The van der Waals surface area contributed by atoms with Gasteiger partial charge in [0.1, 0.15) is 5.76 Å². The van der Waals surface area contributed by atoms with Gasteiger partial charge in [-0.25, -0.2) is 0 Å². The summed E-state index contributed by atoms with van der Waals surface area (Å²) >= 11 is 0. The van der Waals surface area contributed by atoms with Crippen molar-refractivity contribution in [1.82, 2.24) is 5.48 Å². The lowest BCUT2D eigenvalue weighted by molar-refractivity contribution is 0.0688. The SMILES string of the molecule is [CH]1CC2CC=CC=C2ON1. The van der Waals surface area contributed by atoms with E-state index in [9.17, 15) is 0 Å². The van der Waals surface area contributed by atoms with Crippen LogP contribution in [0.4, 0.5) is 0 Å². The van der Waals surface area contributed by atoms with Gasteiger partial charge in [-0.05, 0) is 18.9 Å². The van der Waals surface area contributed by atoms with E-state index < -0.39 is 0 Å². The van der Waals surface area contributed by atoms with Gasteiger partial charge in [0.25, 0.3) is 0 Å². The highest BCUT2D eigenvalue weighted by atomic mass is 16.6. The van der Waals surface area contributed by atoms with E-state index in [-0.39, 0.29) is 0 Å². The van der Waals surface area contributed by atoms with Crippen molar-refractivity contribution in [2.24, 2.45) is 5.92 Å². The van der Waals surface area contributed by atoms with Crippen molar-refractivity contribution >= 4 is 0 Å². The van der Waals surface area contributed by atoms with Crippen LogP contribution in [-0.4, -0.2) is 0 Å². The van der Waals surface area contributed by atoms with Crippen LogP contribution in [0, 0.1) is 12.5 Å². The standard InChI is InChI=1S/C8H10NO/c1-2-4-8-7(3-1)5-6-9-10-8/h1-2,4,6-7,9H,3,5H2. The zero-order chi connectivity index (χ0) is 6.81. The predicted octanol–water partition coefficient (Wildman–Crippen LogP) is 1.53. The second-order valence-electron chi connectivity index (χ2n) is 2.59. The Hall–Kier alpha value is -0.760. The molecule has 1 heterocycles. The van der Waals surface area contributed by atoms with E-state index in [4.69, 9.17) is 4.84 Å². The van der Waals surface area contributed by atoms with E-state index in [0.717, 1.165) is 18.6 Å². The third-order valence-electron chi connectivity index (χ3n) is 1.88. The molecule has 1 radical (unpaired) electrons. The zero-order valence-electron chi connectivity index (χ0n) is 5.71. The normalized spacial score (nSPS) is 30.4. The number of allylic oxidation sites excluding steroid dienone is 4. The van der Waals surface area contributed by atoms with E-state index in [1.165, 1.54) is 0 Å². The van der Waals surface area contributed by atoms with E-state index >= 15 is 0 Å². The van der Waals surface area contributed by atoms with Crippen LogP contribution in [0.2, 0.25) is 0 Å². The topological polar surface area (TPSA) is 21.3 Å². The van der Waals surface area contributed by atoms with Gasteiger partial charge in [0.05, 0.1) is 6.54 Å². The number of fused-ring (bicyclic) bond motifs is 1. The summed E-state index contributed by atoms with van der Waals surface area (Å²) in [6.45, 7) is 1.96. The highest BCUT2D eigenvalue weighted by molar-refractivity contribution is 5.17. The highest BCUT2D eigenvalue weighted by Gasteiger charge is 2.20. The molecule has 2 rings (SSSR count). The van der Waals surface area contributed by atoms with Crippen LogP contribution in [-0.2, 0) is 4.84 Å². The van der Waals surface area contributed by atoms with Gasteiger partial charge in [-0.1, -0.05) is 12.2 Å². The van der Waals surface area contributed by atoms with E-state index in [1.807, 2.05) is 18.7 Å². The lowest BCUT2D eigenvalue weighted by Gasteiger charge is -2.25. The minimum absolute atomic E-state index is 0.589. The Morgan fingerprint density at radius 3 is 3.40 bits per heavy atom. The molecule has 2 nitrogen and oxygen atoms in total. The third-order valence-corrected chi connectivity index (χ3v) is 1.88. The molecule has 53 valence electrons. The van der Waals surface area contributed by atoms with Crippen LogP contribution in [0.5, 0.6) is 0 Å². The molecule has 1 aliphatic heterocycles. The van der Waals surface area contributed by atoms with Crippen molar-refractivity contribution in [2.45, 2.75) is 12.8 Å². The van der Waals surface area contributed by atoms with Gasteiger partial charge >= 0.3 is 0 Å². The van der Waals surface area contributed by atoms with Crippen LogP contribution in [0.25, 0.3) is 0 Å². The lowest BCUT2D eigenvalue weighted by Crippen LogP contribution is -2.24. The molecule has 1 N–H and O–H groups in total. The highest BCUT2D eigenvalue weighted by Crippen LogP contribution is 2.27. The second-order valence-corrected chi connectivity index (χ2v) is 2.59. The fraction of sp³-hybridized carbons (Fsp3) is 0.375. The molecule has 1 saturated heterocycles. The van der Waals surface area contributed by atoms with Gasteiger partial charge in [0, 0.05) is 5.92 Å². The first-order valence-electron chi connectivity index (χ1n) is 3.57. The van der Waals surface area contributed by atoms with Gasteiger partial charge in [-0.3, -0.25) is 0 Å². The molecule has 0 spiro atoms. The summed E-state index contributed by atoms with van der Waals surface area (Å²) in [4.78, 5) is 5.19. The maximum absolute atomic E-state index is 5.19. The van der Waals surface area contributed by atoms with E-state index in [1.54, 1.807) is 0 Å². The average Bonchev–Trinajstić information content (AvgIpc) is 2.05. The fourth-order valence-electron chi connectivity index (χ4n) is 1.29. The monoisotopic (exact) mass is 136 g/mol. The molecule has 2 aliphatic rings. The number of hydrogen-bond acceptors (Lipinski definition) is 2. The quantitative estimate of drug-likeness (QED) is 0.545. The Morgan fingerprint density at radius 1 is 1.50 bits per heavy atom. The lowest BCUT2D eigenvalue weighted by atomic mass is 9.94. The van der Waals surface area contributed by atoms with Crippen molar-refractivity contribution in [3.63, 3.8) is 0 Å². The summed E-state index contributed by atoms with van der Waals surface area (Å²) in [5.41, 5.74) is 2.76. The third kappa shape index (κ3) is 0.948. The minimum atomic E-state index is 0.589. The van der Waals surface area contributed by atoms with Crippen LogP contribution in [0.15, 0.2) is 24.0 Å². The molecule has 2 heteroatoms. The molecule has 1 fully saturated rings. The predicted molar refractivity (Wildman–Crippen MR) is 38.5 cm³/mol. The minimum Gasteiger partial charge on any atom is -0.413 e. The average molecular weight is 136 g/mol. The molecular weight excluding hydrogens is 126 g/mol. The Bertz CT molecular complexity index is 184. The fourth-order valence-corrected chi connectivity index (χ4v) is 1.29. The molecule has 0 saturated carbocycles. The summed E-state index contributed by atoms with van der Waals surface area (Å²) in [6.07, 6.45) is 8.43. The van der Waals surface area contributed by atoms with Gasteiger partial charge in [-0.15, -0.1) is 0 Å². The summed E-state index contributed by atoms with van der Waals surface area (Å²) in [7, 11) is 0. The molecule has 1 unspecified atom stereocenters. The molecule has 0 bridgehead atoms. The molecule has 0 aromatic carbocycles. The summed E-state index contributed by atoms with van der Waals surface area (Å²) < 4.78 is 0. The number of hydrogen-bond donors (Lipinski definition) is 1. The smallest absolute Gasteiger partial charge is 0.127 e. The summed E-state index contributed by atoms with van der Waals surface area (Å²) in [5.74, 6) is 1.66. The molecule has 0 aromatic rings. The van der Waals surface area contributed by atoms with Gasteiger partial charge in [0.2, 0.25) is 0 Å². The van der Waals surface area contributed by atoms with Crippen molar-refractivity contribution in [1.29, 1.82) is 0 Å². The Morgan fingerprint density at radius 2 is 2.50 bits per heavy atom. The molecule has 1 atom stereocenters. The largest absolute Gasteiger partial charge is 0.413 e. The van der Waals surface area contributed by atoms with E-state index in [0.29, 0.717) is 5.92 Å². The van der Waals surface area contributed by atoms with Crippen LogP contribution in [0.1, 0.15) is 12.8 Å². The maximum atomic E-state index is 5.19. The van der Waals surface area contributed by atoms with Crippen molar-refractivity contribution in [2.75, 3.05) is 0 Å². The summed E-state index contributed by atoms with van der Waals surface area (Å²) in [5, 5.41) is 0. The maximum Gasteiger partial charge on any atom is 0.127 e. The first-order chi connectivity index (χ1) is 4.97. The van der Waals surface area contributed by atoms with Crippen LogP contribution >= 0.6 is 0 Å². The van der Waals surface area contributed by atoms with Gasteiger partial charge in [0.15, 0.2) is 0 Å². The molecule has 1 aliphatic carbocycles. The number of nitrogens with one attached hydrogen (secondary N) is 1. The van der Waals surface area contributed by atoms with Gasteiger partial charge < -0.3 is 4.84 Å². The first kappa shape index (κ1) is 5.98. The van der Waals surface area contributed by atoms with Gasteiger partial charge in [-0.2, -0.15) is 5.48 Å². The molecular formula is C8H10NO. The second kappa shape index (κ2) is 2.46.